The molecule has 128 valence electrons. The molecule has 1 aliphatic heterocycles. The first-order chi connectivity index (χ1) is 12.5. The largest absolute Gasteiger partial charge is 0.508 e. The van der Waals surface area contributed by atoms with Crippen LogP contribution in [0, 0.1) is 0 Å². The number of phenolic OH excluding ortho intramolecular Hbond substituents is 1. The highest BCUT2D eigenvalue weighted by Gasteiger charge is 2.33. The van der Waals surface area contributed by atoms with Crippen LogP contribution in [0.15, 0.2) is 60.7 Å². The van der Waals surface area contributed by atoms with Gasteiger partial charge in [-0.3, -0.25) is 19.3 Å². The van der Waals surface area contributed by atoms with Crippen LogP contribution in [0.1, 0.15) is 20.7 Å². The molecule has 0 saturated carbocycles. The molecular formula is C20H14N2O4. The zero-order valence-electron chi connectivity index (χ0n) is 13.6. The number of rotatable bonds is 3. The van der Waals surface area contributed by atoms with Gasteiger partial charge in [-0.2, -0.15) is 0 Å². The van der Waals surface area contributed by atoms with E-state index >= 15 is 0 Å². The molecule has 1 heterocycles. The molecule has 4 rings (SSSR count). The zero-order valence-corrected chi connectivity index (χ0v) is 13.6. The van der Waals surface area contributed by atoms with E-state index in [2.05, 4.69) is 5.32 Å². The Morgan fingerprint density at radius 2 is 1.54 bits per heavy atom. The van der Waals surface area contributed by atoms with Crippen LogP contribution in [0.4, 0.5) is 5.69 Å². The van der Waals surface area contributed by atoms with E-state index in [1.165, 1.54) is 12.1 Å². The summed E-state index contributed by atoms with van der Waals surface area (Å²) in [7, 11) is 0. The molecule has 3 aromatic rings. The van der Waals surface area contributed by atoms with Crippen LogP contribution < -0.4 is 5.32 Å². The van der Waals surface area contributed by atoms with E-state index in [0.29, 0.717) is 22.2 Å². The monoisotopic (exact) mass is 346 g/mol. The van der Waals surface area contributed by atoms with Gasteiger partial charge in [-0.25, -0.2) is 0 Å². The summed E-state index contributed by atoms with van der Waals surface area (Å²) in [4.78, 5) is 38.7. The summed E-state index contributed by atoms with van der Waals surface area (Å²) in [6.45, 7) is -0.405. The van der Waals surface area contributed by atoms with Gasteiger partial charge in [0, 0.05) is 28.3 Å². The van der Waals surface area contributed by atoms with E-state index in [0.717, 1.165) is 10.3 Å². The van der Waals surface area contributed by atoms with E-state index in [1.54, 1.807) is 36.4 Å². The number of carbonyl (C=O) groups excluding carboxylic acids is 3. The molecule has 0 radical (unpaired) electrons. The molecule has 3 aromatic carbocycles. The van der Waals surface area contributed by atoms with Crippen molar-refractivity contribution in [3.8, 4) is 5.75 Å². The van der Waals surface area contributed by atoms with E-state index in [9.17, 15) is 19.5 Å². The van der Waals surface area contributed by atoms with E-state index in [4.69, 9.17) is 0 Å². The normalized spacial score (nSPS) is 13.2. The summed E-state index contributed by atoms with van der Waals surface area (Å²) < 4.78 is 0. The van der Waals surface area contributed by atoms with Gasteiger partial charge in [0.05, 0.1) is 0 Å². The van der Waals surface area contributed by atoms with Crippen LogP contribution in [-0.4, -0.2) is 34.3 Å². The van der Waals surface area contributed by atoms with Crippen LogP contribution in [0.3, 0.4) is 0 Å². The lowest BCUT2D eigenvalue weighted by atomic mass is 9.94. The fourth-order valence-corrected chi connectivity index (χ4v) is 3.15. The lowest BCUT2D eigenvalue weighted by Crippen LogP contribution is -2.44. The Labute approximate surface area is 148 Å². The van der Waals surface area contributed by atoms with Crippen molar-refractivity contribution < 1.29 is 19.5 Å². The number of hydrogen-bond donors (Lipinski definition) is 2. The van der Waals surface area contributed by atoms with Crippen LogP contribution in [0.2, 0.25) is 0 Å². The van der Waals surface area contributed by atoms with Gasteiger partial charge >= 0.3 is 0 Å². The third kappa shape index (κ3) is 2.57. The van der Waals surface area contributed by atoms with Crippen molar-refractivity contribution in [2.75, 3.05) is 11.9 Å². The molecule has 0 bridgehead atoms. The maximum Gasteiger partial charge on any atom is 0.261 e. The maximum absolute atomic E-state index is 12.7. The average molecular weight is 346 g/mol. The molecule has 6 heteroatoms. The minimum atomic E-state index is -0.524. The standard InChI is InChI=1S/C20H14N2O4/c23-14-7-3-6-13(10-14)21-17(24)11-22-19(25)15-8-1-4-12-5-2-9-16(18(12)15)20(22)26/h1-10,23H,11H2,(H,21,24). The Kier molecular flexibility index (Phi) is 3.65. The van der Waals surface area contributed by atoms with Crippen molar-refractivity contribution >= 4 is 34.2 Å². The van der Waals surface area contributed by atoms with Crippen molar-refractivity contribution in [1.29, 1.82) is 0 Å². The van der Waals surface area contributed by atoms with Crippen LogP contribution >= 0.6 is 0 Å². The van der Waals surface area contributed by atoms with Crippen molar-refractivity contribution in [2.45, 2.75) is 0 Å². The summed E-state index contributed by atoms with van der Waals surface area (Å²) in [6.07, 6.45) is 0. The van der Waals surface area contributed by atoms with Gasteiger partial charge in [-0.15, -0.1) is 0 Å². The first-order valence-corrected chi connectivity index (χ1v) is 8.01. The molecule has 2 N–H and O–H groups in total. The van der Waals surface area contributed by atoms with Crippen LogP contribution in [0.25, 0.3) is 10.8 Å². The van der Waals surface area contributed by atoms with Gasteiger partial charge in [0.2, 0.25) is 5.91 Å². The third-order valence-corrected chi connectivity index (χ3v) is 4.29. The summed E-state index contributed by atoms with van der Waals surface area (Å²) in [5, 5.41) is 13.5. The highest BCUT2D eigenvalue weighted by Crippen LogP contribution is 2.29. The number of hydrogen-bond acceptors (Lipinski definition) is 4. The second-order valence-electron chi connectivity index (χ2n) is 6.00. The quantitative estimate of drug-likeness (QED) is 0.714. The lowest BCUT2D eigenvalue weighted by Gasteiger charge is -2.26. The Morgan fingerprint density at radius 3 is 2.15 bits per heavy atom. The fraction of sp³-hybridized carbons (Fsp3) is 0.0500. The van der Waals surface area contributed by atoms with Gasteiger partial charge < -0.3 is 10.4 Å². The molecule has 6 nitrogen and oxygen atoms in total. The fourth-order valence-electron chi connectivity index (χ4n) is 3.15. The number of phenols is 1. The molecule has 0 atom stereocenters. The third-order valence-electron chi connectivity index (χ3n) is 4.29. The van der Waals surface area contributed by atoms with Gasteiger partial charge in [0.15, 0.2) is 0 Å². The van der Waals surface area contributed by atoms with E-state index in [-0.39, 0.29) is 5.75 Å². The molecule has 0 aromatic heterocycles. The smallest absolute Gasteiger partial charge is 0.261 e. The minimum absolute atomic E-state index is 0.00790. The first-order valence-electron chi connectivity index (χ1n) is 8.01. The van der Waals surface area contributed by atoms with Crippen molar-refractivity contribution in [2.24, 2.45) is 0 Å². The predicted octanol–water partition coefficient (Wildman–Crippen LogP) is 2.78. The Morgan fingerprint density at radius 1 is 0.923 bits per heavy atom. The Hall–Kier alpha value is -3.67. The molecule has 0 saturated heterocycles. The number of carbonyl (C=O) groups is 3. The Bertz CT molecular complexity index is 1020. The highest BCUT2D eigenvalue weighted by atomic mass is 16.3. The number of nitrogens with one attached hydrogen (secondary N) is 1. The van der Waals surface area contributed by atoms with Gasteiger partial charge in [-0.1, -0.05) is 30.3 Å². The topological polar surface area (TPSA) is 86.7 Å². The zero-order chi connectivity index (χ0) is 18.3. The predicted molar refractivity (Wildman–Crippen MR) is 96.1 cm³/mol. The van der Waals surface area contributed by atoms with Crippen molar-refractivity contribution in [3.63, 3.8) is 0 Å². The molecule has 0 spiro atoms. The number of nitrogens with zero attached hydrogens (tertiary/aromatic N) is 1. The molecule has 26 heavy (non-hydrogen) atoms. The maximum atomic E-state index is 12.7. The number of aromatic hydroxyl groups is 1. The number of anilines is 1. The van der Waals surface area contributed by atoms with Crippen molar-refractivity contribution in [1.82, 2.24) is 4.90 Å². The van der Waals surface area contributed by atoms with Gasteiger partial charge in [0.1, 0.15) is 12.3 Å². The van der Waals surface area contributed by atoms with Gasteiger partial charge in [-0.05, 0) is 29.7 Å². The number of benzene rings is 3. The van der Waals surface area contributed by atoms with Crippen molar-refractivity contribution in [3.05, 3.63) is 71.8 Å². The lowest BCUT2D eigenvalue weighted by molar-refractivity contribution is -0.116. The summed E-state index contributed by atoms with van der Waals surface area (Å²) >= 11 is 0. The Balaban J connectivity index is 1.63. The number of imide groups is 1. The second kappa shape index (κ2) is 6.00. The van der Waals surface area contributed by atoms with Crippen LogP contribution in [-0.2, 0) is 4.79 Å². The van der Waals surface area contributed by atoms with Crippen LogP contribution in [0.5, 0.6) is 5.75 Å². The molecule has 0 aliphatic carbocycles. The molecule has 3 amide bonds. The minimum Gasteiger partial charge on any atom is -0.508 e. The average Bonchev–Trinajstić information content (AvgIpc) is 2.63. The molecule has 0 fully saturated rings. The summed E-state index contributed by atoms with van der Waals surface area (Å²) in [6, 6.07) is 16.5. The highest BCUT2D eigenvalue weighted by molar-refractivity contribution is 6.26. The molecule has 0 unspecified atom stereocenters. The first kappa shape index (κ1) is 15.8. The van der Waals surface area contributed by atoms with Gasteiger partial charge in [0.25, 0.3) is 11.8 Å². The number of amides is 3. The van der Waals surface area contributed by atoms with E-state index < -0.39 is 24.3 Å². The van der Waals surface area contributed by atoms with E-state index in [1.807, 2.05) is 12.1 Å². The SMILES string of the molecule is O=C(CN1C(=O)c2cccc3cccc(c23)C1=O)Nc1cccc(O)c1. The summed E-state index contributed by atoms with van der Waals surface area (Å²) in [5.74, 6) is -1.51. The molecular weight excluding hydrogens is 332 g/mol. The second-order valence-corrected chi connectivity index (χ2v) is 6.00. The summed E-state index contributed by atoms with van der Waals surface area (Å²) in [5.41, 5.74) is 1.19. The molecule has 1 aliphatic rings.